The number of fused-ring (bicyclic) bond motifs is 1. The number of amides is 9. The maximum absolute atomic E-state index is 13.5. The molecular formula is C36H56N12O14S. The molecule has 26 nitrogen and oxygen atoms in total. The highest BCUT2D eigenvalue weighted by Gasteiger charge is 2.66. The number of aliphatic imine (C=N–C) groups is 1. The fourth-order valence-electron chi connectivity index (χ4n) is 6.29. The Kier molecular flexibility index (Phi) is 20.2. The number of nitrogens with zero attached hydrogens (tertiary/aromatic N) is 2. The van der Waals surface area contributed by atoms with Crippen molar-refractivity contribution >= 4 is 83.3 Å². The van der Waals surface area contributed by atoms with Gasteiger partial charge in [0.1, 0.15) is 41.8 Å². The average molecular weight is 913 g/mol. The molecule has 0 aromatic carbocycles. The zero-order valence-electron chi connectivity index (χ0n) is 35.3. The molecule has 2 rings (SSSR count). The van der Waals surface area contributed by atoms with E-state index in [1.807, 2.05) is 0 Å². The number of hydrogen-bond donors (Lipinski definition) is 12. The molecule has 8 atom stereocenters. The monoisotopic (exact) mass is 912 g/mol. The molecule has 63 heavy (non-hydrogen) atoms. The van der Waals surface area contributed by atoms with Crippen molar-refractivity contribution in [1.82, 2.24) is 42.1 Å². The van der Waals surface area contributed by atoms with Crippen LogP contribution in [0.15, 0.2) is 16.3 Å². The number of guanidine groups is 1. The van der Waals surface area contributed by atoms with Crippen molar-refractivity contribution in [1.29, 1.82) is 0 Å². The van der Waals surface area contributed by atoms with Crippen molar-refractivity contribution in [3.05, 3.63) is 11.3 Å². The number of aliphatic hydroxyl groups excluding tert-OH is 1. The first-order chi connectivity index (χ1) is 29.4. The Balaban J connectivity index is 2.12. The van der Waals surface area contributed by atoms with Crippen LogP contribution in [-0.4, -0.2) is 153 Å². The second-order valence-electron chi connectivity index (χ2n) is 14.6. The largest absolute Gasteiger partial charge is 0.477 e. The van der Waals surface area contributed by atoms with Gasteiger partial charge >= 0.3 is 11.9 Å². The number of rotatable bonds is 26. The van der Waals surface area contributed by atoms with Crippen LogP contribution < -0.4 is 54.4 Å². The Hall–Kier alpha value is -6.51. The molecule has 0 aromatic heterocycles. The Morgan fingerprint density at radius 1 is 0.889 bits per heavy atom. The van der Waals surface area contributed by atoms with E-state index in [9.17, 15) is 63.0 Å². The number of thioether (sulfide) groups is 1. The van der Waals surface area contributed by atoms with Crippen molar-refractivity contribution in [3.63, 3.8) is 0 Å². The number of esters is 1. The summed E-state index contributed by atoms with van der Waals surface area (Å²) in [6, 6.07) is -5.47. The summed E-state index contributed by atoms with van der Waals surface area (Å²) in [6.07, 6.45) is -2.20. The maximum Gasteiger partial charge on any atom is 0.352 e. The van der Waals surface area contributed by atoms with Gasteiger partial charge in [0.15, 0.2) is 5.96 Å². The van der Waals surface area contributed by atoms with Crippen LogP contribution in [0, 0.1) is 0 Å². The summed E-state index contributed by atoms with van der Waals surface area (Å²) in [5.74, 6) is -8.78. The van der Waals surface area contributed by atoms with E-state index in [4.69, 9.17) is 21.9 Å². The van der Waals surface area contributed by atoms with Gasteiger partial charge in [0, 0.05) is 38.1 Å². The van der Waals surface area contributed by atoms with E-state index in [-0.39, 0.29) is 62.3 Å². The van der Waals surface area contributed by atoms with E-state index >= 15 is 0 Å². The Morgan fingerprint density at radius 2 is 1.46 bits per heavy atom. The number of β-lactam (4-membered cyclic amide) rings is 1. The van der Waals surface area contributed by atoms with Crippen molar-refractivity contribution in [2.24, 2.45) is 22.2 Å². The number of carbonyl (C=O) groups excluding carboxylic acids is 10. The number of ether oxygens (including phenoxy) is 1. The number of carboxylic acid groups (broad SMARTS) is 1. The first kappa shape index (κ1) is 52.6. The molecule has 0 radical (unpaired) electrons. The zero-order chi connectivity index (χ0) is 47.8. The molecule has 0 spiro atoms. The second kappa shape index (κ2) is 24.2. The fourth-order valence-corrected chi connectivity index (χ4v) is 7.70. The first-order valence-electron chi connectivity index (χ1n) is 19.5. The molecule has 0 bridgehead atoms. The summed E-state index contributed by atoms with van der Waals surface area (Å²) in [6.45, 7) is 5.91. The van der Waals surface area contributed by atoms with Gasteiger partial charge in [-0.2, -0.15) is 0 Å². The van der Waals surface area contributed by atoms with Crippen molar-refractivity contribution in [2.75, 3.05) is 18.9 Å². The Morgan fingerprint density at radius 3 is 1.98 bits per heavy atom. The van der Waals surface area contributed by atoms with Gasteiger partial charge < -0.3 is 69.4 Å². The van der Waals surface area contributed by atoms with Crippen molar-refractivity contribution in [3.8, 4) is 0 Å². The predicted molar refractivity (Wildman–Crippen MR) is 220 cm³/mol. The smallest absolute Gasteiger partial charge is 0.352 e. The summed E-state index contributed by atoms with van der Waals surface area (Å²) >= 11 is 0.936. The number of carbonyl (C=O) groups is 11. The van der Waals surface area contributed by atoms with Crippen LogP contribution in [0.25, 0.3) is 0 Å². The summed E-state index contributed by atoms with van der Waals surface area (Å²) < 4.78 is 5.30. The van der Waals surface area contributed by atoms with Crippen LogP contribution in [-0.2, 0) is 57.5 Å². The minimum absolute atomic E-state index is 0.0142. The van der Waals surface area contributed by atoms with Crippen LogP contribution in [0.3, 0.4) is 0 Å². The molecule has 1 saturated heterocycles. The van der Waals surface area contributed by atoms with E-state index in [2.05, 4.69) is 42.2 Å². The van der Waals surface area contributed by atoms with Gasteiger partial charge in [-0.05, 0) is 46.5 Å². The first-order valence-corrected chi connectivity index (χ1v) is 20.6. The third-order valence-electron chi connectivity index (χ3n) is 9.46. The molecule has 0 saturated carbocycles. The molecule has 0 unspecified atom stereocenters. The average Bonchev–Trinajstić information content (AvgIpc) is 3.18. The molecule has 2 heterocycles. The van der Waals surface area contributed by atoms with Gasteiger partial charge in [0.25, 0.3) is 5.91 Å². The summed E-state index contributed by atoms with van der Waals surface area (Å²) in [5.41, 5.74) is 13.4. The van der Waals surface area contributed by atoms with E-state index in [1.165, 1.54) is 34.6 Å². The number of nitrogens with one attached hydrogen (secondary N) is 7. The number of aliphatic carboxylic acids is 1. The third kappa shape index (κ3) is 15.4. The Labute approximate surface area is 365 Å². The lowest BCUT2D eigenvalue weighted by molar-refractivity contribution is -0.162. The fraction of sp³-hybridized carbons (Fsp3) is 0.611. The van der Waals surface area contributed by atoms with Crippen molar-refractivity contribution in [2.45, 2.75) is 120 Å². The van der Waals surface area contributed by atoms with Gasteiger partial charge in [-0.1, -0.05) is 0 Å². The number of primary amides is 1. The minimum Gasteiger partial charge on any atom is -0.477 e. The summed E-state index contributed by atoms with van der Waals surface area (Å²) in [5, 5.41) is 36.9. The molecule has 27 heteroatoms. The molecule has 9 amide bonds. The number of nitrogens with two attached hydrogens (primary N) is 3. The van der Waals surface area contributed by atoms with Gasteiger partial charge in [-0.15, -0.1) is 11.8 Å². The molecule has 2 aliphatic heterocycles. The van der Waals surface area contributed by atoms with Gasteiger partial charge in [0.2, 0.25) is 53.4 Å². The standard InChI is InChI=1S/C36H56N12O14S/c1-16(42-19(4)50)29(56)43-17(2)30(57)44-18(3)31(58)46-22(9-7-11-40-35(38)39)24(52)12-26(54)62-13-21-14-63-34-36(41-15-49,33(61)48(34)27(21)32(59)60)47-25(53)10-6-8-23(28(37)55)45-20(5)51/h15-18,22-24,34,52H,6-14H2,1-5H3,(H2,37,55)(H,41,49)(H,42,50)(H,43,56)(H,44,57)(H,45,51)(H,46,58)(H,47,53)(H,59,60)(H4,38,39,40)/t16-,17-,18-,22+,23+,24+,34-,36+/m0/s1. The van der Waals surface area contributed by atoms with Crippen LogP contribution >= 0.6 is 11.8 Å². The highest BCUT2D eigenvalue weighted by atomic mass is 32.2. The van der Waals surface area contributed by atoms with Crippen molar-refractivity contribution < 1.29 is 67.7 Å². The van der Waals surface area contributed by atoms with Gasteiger partial charge in [-0.3, -0.25) is 57.8 Å². The molecule has 0 aromatic rings. The van der Waals surface area contributed by atoms with E-state index in [0.717, 1.165) is 16.7 Å². The number of aliphatic hydroxyl groups is 1. The SMILES string of the molecule is CC(=O)N[C@@H](C)C(=O)N[C@@H](C)C(=O)N[C@@H](C)C(=O)N[C@H](CCCN=C(N)N)[C@H](O)CC(=O)OCC1=C(C(=O)O)N2C(=O)[C@@](NC=O)(NC(=O)CCC[C@@H](NC(C)=O)C(N)=O)[C@@H]2SC1. The topological polar surface area (TPSA) is 415 Å². The maximum atomic E-state index is 13.5. The molecule has 15 N–H and O–H groups in total. The third-order valence-corrected chi connectivity index (χ3v) is 10.9. The lowest BCUT2D eigenvalue weighted by Gasteiger charge is -2.56. The normalized spacial score (nSPS) is 19.4. The molecule has 350 valence electrons. The van der Waals surface area contributed by atoms with E-state index < -0.39 is 125 Å². The minimum atomic E-state index is -2.06. The van der Waals surface area contributed by atoms with E-state index in [0.29, 0.717) is 0 Å². The highest BCUT2D eigenvalue weighted by molar-refractivity contribution is 8.00. The molecule has 2 aliphatic rings. The summed E-state index contributed by atoms with van der Waals surface area (Å²) in [4.78, 5) is 141. The summed E-state index contributed by atoms with van der Waals surface area (Å²) in [7, 11) is 0. The van der Waals surface area contributed by atoms with Crippen LogP contribution in [0.2, 0.25) is 0 Å². The zero-order valence-corrected chi connectivity index (χ0v) is 36.1. The van der Waals surface area contributed by atoms with Gasteiger partial charge in [-0.25, -0.2) is 4.79 Å². The van der Waals surface area contributed by atoms with Crippen LogP contribution in [0.1, 0.15) is 73.1 Å². The molecular weight excluding hydrogens is 857 g/mol. The lowest BCUT2D eigenvalue weighted by Crippen LogP contribution is -2.85. The van der Waals surface area contributed by atoms with Gasteiger partial charge in [0.05, 0.1) is 18.6 Å². The van der Waals surface area contributed by atoms with Crippen LogP contribution in [0.4, 0.5) is 0 Å². The predicted octanol–water partition coefficient (Wildman–Crippen LogP) is -5.67. The lowest BCUT2D eigenvalue weighted by atomic mass is 9.94. The second-order valence-corrected chi connectivity index (χ2v) is 15.7. The Bertz CT molecular complexity index is 1860. The highest BCUT2D eigenvalue weighted by Crippen LogP contribution is 2.45. The number of hydrogen-bond acceptors (Lipinski definition) is 15. The quantitative estimate of drug-likeness (QED) is 0.00732. The number of carboxylic acids is 1. The molecule has 0 aliphatic carbocycles. The van der Waals surface area contributed by atoms with Crippen LogP contribution in [0.5, 0.6) is 0 Å². The van der Waals surface area contributed by atoms with E-state index in [1.54, 1.807) is 0 Å². The molecule has 1 fully saturated rings.